The molecule has 14 aromatic rings. The molecule has 3 aliphatic carbocycles. The zero-order chi connectivity index (χ0) is 106. The fraction of sp³-hybridized carbons (Fsp3) is 0.259. The first-order valence-corrected chi connectivity index (χ1v) is 52.0. The molecule has 150 heavy (non-hydrogen) atoms. The van der Waals surface area contributed by atoms with Crippen molar-refractivity contribution in [1.82, 2.24) is 9.13 Å². The van der Waals surface area contributed by atoms with Gasteiger partial charge in [-0.1, -0.05) is 108 Å². The molecular formula is C116H106Cl3F3N7O20S+. The number of sulfone groups is 1. The minimum absolute atomic E-state index is 0.0256. The molecule has 27 nitrogen and oxygen atoms in total. The van der Waals surface area contributed by atoms with Crippen LogP contribution < -0.4 is 39.8 Å². The summed E-state index contributed by atoms with van der Waals surface area (Å²) in [6.07, 6.45) is 6.96. The number of amides is 2. The first-order chi connectivity index (χ1) is 72.0. The van der Waals surface area contributed by atoms with Crippen LogP contribution in [0.25, 0.3) is 21.8 Å². The van der Waals surface area contributed by atoms with E-state index in [2.05, 4.69) is 25.4 Å². The van der Waals surface area contributed by atoms with Gasteiger partial charge in [-0.05, 0) is 274 Å². The van der Waals surface area contributed by atoms with E-state index in [0.717, 1.165) is 136 Å². The Kier molecular flexibility index (Phi) is 32.8. The Morgan fingerprint density at radius 1 is 0.520 bits per heavy atom. The number of nitrogens with zero attached hydrogens (tertiary/aromatic N) is 4. The number of halogens is 6. The van der Waals surface area contributed by atoms with Gasteiger partial charge in [0.15, 0.2) is 33.7 Å². The molecule has 2 fully saturated rings. The second-order valence-electron chi connectivity index (χ2n) is 38.2. The van der Waals surface area contributed by atoms with Crippen molar-refractivity contribution in [3.63, 3.8) is 0 Å². The van der Waals surface area contributed by atoms with Crippen LogP contribution in [0.3, 0.4) is 0 Å². The number of aromatic nitrogens is 2. The van der Waals surface area contributed by atoms with Crippen LogP contribution in [0.5, 0.6) is 23.0 Å². The zero-order valence-corrected chi connectivity index (χ0v) is 84.8. The van der Waals surface area contributed by atoms with Crippen LogP contribution in [0.15, 0.2) is 260 Å². The number of carbonyl (C=O) groups is 9. The highest BCUT2D eigenvalue weighted by molar-refractivity contribution is 7.91. The van der Waals surface area contributed by atoms with Crippen LogP contribution in [0.2, 0.25) is 15.1 Å². The molecule has 34 heteroatoms. The summed E-state index contributed by atoms with van der Waals surface area (Å²) in [5, 5.41) is 57.7. The van der Waals surface area contributed by atoms with Gasteiger partial charge in [-0.2, -0.15) is 4.58 Å². The Morgan fingerprint density at radius 3 is 1.63 bits per heavy atom. The first-order valence-electron chi connectivity index (χ1n) is 49.0. The highest BCUT2D eigenvalue weighted by atomic mass is 35.5. The maximum absolute atomic E-state index is 14.4. The summed E-state index contributed by atoms with van der Waals surface area (Å²) in [7, 11) is -1.85. The number of rotatable bonds is 29. The normalized spacial score (nSPS) is 16.8. The fourth-order valence-electron chi connectivity index (χ4n) is 20.7. The summed E-state index contributed by atoms with van der Waals surface area (Å²) in [6, 6.07) is 72.5. The topological polar surface area (TPSA) is 378 Å². The van der Waals surface area contributed by atoms with Crippen molar-refractivity contribution in [2.24, 2.45) is 5.92 Å². The second-order valence-corrected chi connectivity index (χ2v) is 41.5. The van der Waals surface area contributed by atoms with Crippen molar-refractivity contribution in [2.45, 2.75) is 151 Å². The van der Waals surface area contributed by atoms with Crippen LogP contribution in [-0.2, 0) is 72.7 Å². The van der Waals surface area contributed by atoms with Crippen LogP contribution >= 0.6 is 34.8 Å². The van der Waals surface area contributed by atoms with Crippen LogP contribution in [-0.4, -0.2) is 158 Å². The first kappa shape index (κ1) is 106. The van der Waals surface area contributed by atoms with E-state index in [1.165, 1.54) is 37.3 Å². The van der Waals surface area contributed by atoms with Crippen molar-refractivity contribution in [3.05, 3.63) is 365 Å². The number of fused-ring (bicyclic) bond motifs is 11. The molecule has 2 amide bonds. The van der Waals surface area contributed by atoms with Gasteiger partial charge in [0.25, 0.3) is 11.8 Å². The Labute approximate surface area is 876 Å². The lowest BCUT2D eigenvalue weighted by Gasteiger charge is -2.33. The molecule has 0 radical (unpaired) electrons. The molecule has 2 aromatic heterocycles. The standard InChI is InChI=1S/C25H24N2O5.C24H22N2O5.C23H21ClFNO2.C22H19ClFNO5S.C22H19ClFNO3/c1-27-15-21(32-23-8-3-2-7-22(23)27)16-31-20-11-9-18(10-12-20)25(30)26-19-6-4-5-17(13-19)14-24(28)29;27-23(28)13-16-4-3-5-18(12-16)26-24(29)17-8-10-19(11-9-17)30-15-20-14-25-21-6-1-2-7-22(21)31-20;24-16-6-1-13(2-7-16)12-26-22-15(9-21(27)28)5-8-18(22)20-11-17(25)10-19(23(20)26)14-3-4-14;1-31(29,30)17-11-15(24)10-16-19(17)20(22(28)12-4-6-14(23)7-5-12)21-13(9-18(26)27)3-2-8-25(16)21;1-12(26)18-9-16(24)10-19-17-7-4-14(8-20(27)28)21(17)25(22(18)19)11-13-2-5-15(23)6-3-13/h2-13,21H,14-16H2,1H3,(H,26,30)(H,28,29);1-12,20,25H,13-15H2,(H,26,29)(H,27,28);1-2,6-7,10-11,14-15H,3-5,8-9,12H2,(H,27,28);4-7,10-11,13H,2-3,8-9H2,1H3,(H,26,27);2-3,5-6,9-10,14,17H,4,7-8,11H2,1H3/p+1/t21-;;15-;13-;14-,17?/m0.111/s1. The number of carboxylic acids is 5. The van der Waals surface area contributed by atoms with E-state index in [0.29, 0.717) is 130 Å². The van der Waals surface area contributed by atoms with Crippen LogP contribution in [0, 0.1) is 23.4 Å². The third kappa shape index (κ3) is 25.3. The van der Waals surface area contributed by atoms with Crippen LogP contribution in [0.4, 0.5) is 41.6 Å². The van der Waals surface area contributed by atoms with Gasteiger partial charge >= 0.3 is 29.8 Å². The van der Waals surface area contributed by atoms with Crippen molar-refractivity contribution in [3.8, 4) is 23.0 Å². The van der Waals surface area contributed by atoms with Gasteiger partial charge in [0, 0.05) is 115 Å². The van der Waals surface area contributed by atoms with Crippen molar-refractivity contribution >= 4 is 154 Å². The Morgan fingerprint density at radius 2 is 1.05 bits per heavy atom. The molecule has 772 valence electrons. The van der Waals surface area contributed by atoms with E-state index in [9.17, 15) is 80.1 Å². The molecule has 2 unspecified atom stereocenters. The van der Waals surface area contributed by atoms with E-state index in [1.54, 1.807) is 138 Å². The van der Waals surface area contributed by atoms with Gasteiger partial charge in [-0.25, -0.2) is 21.6 Å². The molecule has 8 N–H and O–H groups in total. The summed E-state index contributed by atoms with van der Waals surface area (Å²) in [5.41, 5.74) is 15.8. The lowest BCUT2D eigenvalue weighted by Crippen LogP contribution is -2.41. The number of likely N-dealkylation sites (N-methyl/N-ethyl adjacent to an activating group) is 1. The van der Waals surface area contributed by atoms with Crippen molar-refractivity contribution in [2.75, 3.05) is 60.5 Å². The molecule has 0 bridgehead atoms. The average molecular weight is 2110 g/mol. The number of ketones is 2. The molecule has 4 aliphatic heterocycles. The lowest BCUT2D eigenvalue weighted by molar-refractivity contribution is -0.457. The van der Waals surface area contributed by atoms with Gasteiger partial charge < -0.3 is 74.5 Å². The highest BCUT2D eigenvalue weighted by Gasteiger charge is 2.50. The number of aryl methyl sites for hydroxylation is 2. The van der Waals surface area contributed by atoms with Gasteiger partial charge in [-0.3, -0.25) is 43.2 Å². The minimum Gasteiger partial charge on any atom is -0.490 e. The Bertz CT molecular complexity index is 7720. The molecule has 12 aromatic carbocycles. The number of nitrogens with one attached hydrogen (secondary N) is 3. The Hall–Kier alpha value is -15.6. The number of benzene rings is 12. The summed E-state index contributed by atoms with van der Waals surface area (Å²) in [5.74, 6) is -4.41. The summed E-state index contributed by atoms with van der Waals surface area (Å²) in [4.78, 5) is 109. The third-order valence-electron chi connectivity index (χ3n) is 27.4. The second kappa shape index (κ2) is 46.5. The van der Waals surface area contributed by atoms with E-state index in [-0.39, 0.29) is 112 Å². The number of carbonyl (C=O) groups excluding carboxylic acids is 4. The number of hydrogen-bond donors (Lipinski definition) is 8. The molecule has 6 atom stereocenters. The van der Waals surface area contributed by atoms with E-state index >= 15 is 0 Å². The molecule has 6 heterocycles. The minimum atomic E-state index is -3.88. The van der Waals surface area contributed by atoms with Crippen molar-refractivity contribution in [1.29, 1.82) is 0 Å². The van der Waals surface area contributed by atoms with Crippen LogP contribution in [0.1, 0.15) is 192 Å². The van der Waals surface area contributed by atoms with Gasteiger partial charge in [-0.15, -0.1) is 0 Å². The van der Waals surface area contributed by atoms with Gasteiger partial charge in [0.2, 0.25) is 5.69 Å². The third-order valence-corrected chi connectivity index (χ3v) is 29.2. The number of para-hydroxylation sites is 4. The molecule has 0 saturated heterocycles. The fourth-order valence-corrected chi connectivity index (χ4v) is 22.0. The quantitative estimate of drug-likeness (QED) is 0.0159. The number of Topliss-reactive ketones (excluding diaryl/α,β-unsaturated/α-hetero) is 1. The van der Waals surface area contributed by atoms with E-state index < -0.39 is 63.0 Å². The molecule has 0 spiro atoms. The number of anilines is 4. The van der Waals surface area contributed by atoms with E-state index in [1.807, 2.05) is 96.6 Å². The Balaban J connectivity index is 0.000000128. The summed E-state index contributed by atoms with van der Waals surface area (Å²) in [6.45, 7) is 5.13. The van der Waals surface area contributed by atoms with E-state index in [4.69, 9.17) is 64.0 Å². The molecule has 7 aliphatic rings. The zero-order valence-electron chi connectivity index (χ0n) is 81.8. The number of carboxylic acid groups (broad SMARTS) is 5. The van der Waals surface area contributed by atoms with Crippen molar-refractivity contribution < 1.29 is 114 Å². The largest absolute Gasteiger partial charge is 0.490 e. The number of aliphatic carboxylic acids is 5. The highest BCUT2D eigenvalue weighted by Crippen LogP contribution is 2.52. The summed E-state index contributed by atoms with van der Waals surface area (Å²) >= 11 is 18.0. The average Bonchev–Trinajstić information content (AvgIpc) is 1.51. The maximum Gasteiger partial charge on any atom is 0.307 e. The van der Waals surface area contributed by atoms with Gasteiger partial charge in [0.05, 0.1) is 95.5 Å². The molecule has 21 rings (SSSR count). The van der Waals surface area contributed by atoms with Gasteiger partial charge in [0.1, 0.15) is 65.9 Å². The predicted octanol–water partition coefficient (Wildman–Crippen LogP) is 22.9. The summed E-state index contributed by atoms with van der Waals surface area (Å²) < 4.78 is 97.8. The number of hydrogen-bond acceptors (Lipinski definition) is 17. The molecular weight excluding hydrogens is 2010 g/mol. The predicted molar refractivity (Wildman–Crippen MR) is 565 cm³/mol. The maximum atomic E-state index is 14.4. The monoisotopic (exact) mass is 2110 g/mol. The lowest BCUT2D eigenvalue weighted by atomic mass is 9.87. The SMILES string of the molecule is CC(=O)c1cc(F)cc2c1[N+](Cc1ccc(Cl)cc1)=C1C2CC[C@@H]1CC(=O)O.CN1C[C@@H](COc2ccc(C(=O)Nc3cccc(CC(=O)O)c3)cc2)Oc2ccccc21.CS(=O)(=O)c1cc(F)cc2c1c(C(=O)c1ccc(Cl)cc1)c1n2CCC[C@@H]1CC(=O)O.O=C(O)C[C@H]1CCc2c1n(Cc1ccc(Cl)cc1)c1c(C3CC3)cc(F)cc21.O=C(O)Cc1cccc(NC(=O)c2ccc(OCC3CNc4ccccc4O3)cc2)c1. The smallest absolute Gasteiger partial charge is 0.307 e. The molecule has 2 saturated carbocycles. The number of ether oxygens (including phenoxy) is 4.